The summed E-state index contributed by atoms with van der Waals surface area (Å²) in [7, 11) is 3.11. The summed E-state index contributed by atoms with van der Waals surface area (Å²) >= 11 is 0. The Balaban J connectivity index is 2.04. The van der Waals surface area contributed by atoms with Crippen molar-refractivity contribution in [1.82, 2.24) is 5.43 Å². The monoisotopic (exact) mass is 290 g/mol. The van der Waals surface area contributed by atoms with Gasteiger partial charge in [-0.1, -0.05) is 6.92 Å². The summed E-state index contributed by atoms with van der Waals surface area (Å²) in [5, 5.41) is 4.25. The lowest BCUT2D eigenvalue weighted by Crippen LogP contribution is -2.22. The third kappa shape index (κ3) is 3.97. The Hall–Kier alpha value is -2.04. The number of benzene rings is 1. The van der Waals surface area contributed by atoms with Crippen LogP contribution in [0.4, 0.5) is 0 Å². The standard InChI is InChI=1S/C16H22N2O3/c1-11-5-4-6-13(9-11)17-18-16(19)12-7-8-14(20-2)15(10-12)21-3/h7-8,10-11H,4-6,9H2,1-3H3,(H,18,19)/b17-13-/t11-/m1/s1. The van der Waals surface area contributed by atoms with E-state index in [0.29, 0.717) is 23.0 Å². The minimum atomic E-state index is -0.235. The molecule has 2 rings (SSSR count). The number of methoxy groups -OCH3 is 2. The van der Waals surface area contributed by atoms with Crippen LogP contribution in [0.2, 0.25) is 0 Å². The Labute approximate surface area is 125 Å². The summed E-state index contributed by atoms with van der Waals surface area (Å²) in [6.45, 7) is 2.21. The van der Waals surface area contributed by atoms with Gasteiger partial charge in [-0.15, -0.1) is 0 Å². The van der Waals surface area contributed by atoms with Crippen LogP contribution in [-0.2, 0) is 0 Å². The number of nitrogens with zero attached hydrogens (tertiary/aromatic N) is 1. The van der Waals surface area contributed by atoms with E-state index < -0.39 is 0 Å². The van der Waals surface area contributed by atoms with Gasteiger partial charge in [-0.3, -0.25) is 4.79 Å². The summed E-state index contributed by atoms with van der Waals surface area (Å²) in [4.78, 5) is 12.1. The van der Waals surface area contributed by atoms with Gasteiger partial charge in [0.1, 0.15) is 0 Å². The second kappa shape index (κ2) is 7.11. The van der Waals surface area contributed by atoms with Crippen LogP contribution >= 0.6 is 0 Å². The Morgan fingerprint density at radius 3 is 2.71 bits per heavy atom. The fourth-order valence-corrected chi connectivity index (χ4v) is 2.53. The molecule has 1 fully saturated rings. The lowest BCUT2D eigenvalue weighted by atomic mass is 9.89. The van der Waals surface area contributed by atoms with Gasteiger partial charge in [-0.05, 0) is 49.8 Å². The third-order valence-corrected chi connectivity index (χ3v) is 3.71. The van der Waals surface area contributed by atoms with Crippen molar-refractivity contribution in [2.45, 2.75) is 32.6 Å². The molecule has 1 N–H and O–H groups in total. The number of hydrogen-bond acceptors (Lipinski definition) is 4. The maximum absolute atomic E-state index is 12.1. The van der Waals surface area contributed by atoms with E-state index in [1.807, 2.05) is 0 Å². The summed E-state index contributed by atoms with van der Waals surface area (Å²) < 4.78 is 10.3. The first-order chi connectivity index (χ1) is 10.1. The molecule has 5 nitrogen and oxygen atoms in total. The molecule has 1 aliphatic carbocycles. The van der Waals surface area contributed by atoms with Gasteiger partial charge >= 0.3 is 0 Å². The summed E-state index contributed by atoms with van der Waals surface area (Å²) in [6.07, 6.45) is 4.32. The molecule has 21 heavy (non-hydrogen) atoms. The number of amides is 1. The van der Waals surface area contributed by atoms with Gasteiger partial charge in [0.05, 0.1) is 14.2 Å². The van der Waals surface area contributed by atoms with Crippen LogP contribution < -0.4 is 14.9 Å². The van der Waals surface area contributed by atoms with Crippen LogP contribution in [0.25, 0.3) is 0 Å². The SMILES string of the molecule is COc1ccc(C(=O)N/N=C2/CCC[C@@H](C)C2)cc1OC. The van der Waals surface area contributed by atoms with E-state index in [1.165, 1.54) is 6.42 Å². The van der Waals surface area contributed by atoms with Crippen molar-refractivity contribution < 1.29 is 14.3 Å². The Morgan fingerprint density at radius 1 is 1.29 bits per heavy atom. The zero-order valence-corrected chi connectivity index (χ0v) is 12.8. The minimum Gasteiger partial charge on any atom is -0.493 e. The highest BCUT2D eigenvalue weighted by molar-refractivity contribution is 5.96. The average molecular weight is 290 g/mol. The number of carbonyl (C=O) groups excluding carboxylic acids is 1. The molecule has 1 aliphatic rings. The maximum Gasteiger partial charge on any atom is 0.271 e. The molecule has 0 heterocycles. The smallest absolute Gasteiger partial charge is 0.271 e. The Kier molecular flexibility index (Phi) is 5.20. The van der Waals surface area contributed by atoms with Crippen LogP contribution in [-0.4, -0.2) is 25.8 Å². The quantitative estimate of drug-likeness (QED) is 0.867. The molecule has 114 valence electrons. The van der Waals surface area contributed by atoms with Gasteiger partial charge in [0, 0.05) is 11.3 Å². The van der Waals surface area contributed by atoms with Crippen molar-refractivity contribution >= 4 is 11.6 Å². The fraction of sp³-hybridized carbons (Fsp3) is 0.500. The highest BCUT2D eigenvalue weighted by atomic mass is 16.5. The molecule has 1 saturated carbocycles. The van der Waals surface area contributed by atoms with E-state index in [9.17, 15) is 4.79 Å². The highest BCUT2D eigenvalue weighted by Gasteiger charge is 2.15. The van der Waals surface area contributed by atoms with Gasteiger partial charge in [-0.25, -0.2) is 5.43 Å². The molecular weight excluding hydrogens is 268 g/mol. The Morgan fingerprint density at radius 2 is 2.05 bits per heavy atom. The third-order valence-electron chi connectivity index (χ3n) is 3.71. The second-order valence-corrected chi connectivity index (χ2v) is 5.39. The predicted octanol–water partition coefficient (Wildman–Crippen LogP) is 3.00. The van der Waals surface area contributed by atoms with E-state index in [4.69, 9.17) is 9.47 Å². The van der Waals surface area contributed by atoms with Gasteiger partial charge in [0.2, 0.25) is 0 Å². The molecule has 0 radical (unpaired) electrons. The number of ether oxygens (including phenoxy) is 2. The molecule has 0 aromatic heterocycles. The van der Waals surface area contributed by atoms with E-state index in [0.717, 1.165) is 25.0 Å². The maximum atomic E-state index is 12.1. The molecule has 1 aromatic carbocycles. The average Bonchev–Trinajstić information content (AvgIpc) is 2.52. The van der Waals surface area contributed by atoms with E-state index in [2.05, 4.69) is 17.5 Å². The van der Waals surface area contributed by atoms with Crippen LogP contribution in [0, 0.1) is 5.92 Å². The van der Waals surface area contributed by atoms with E-state index in [1.54, 1.807) is 32.4 Å². The summed E-state index contributed by atoms with van der Waals surface area (Å²) in [5.74, 6) is 1.54. The summed E-state index contributed by atoms with van der Waals surface area (Å²) in [6, 6.07) is 5.06. The predicted molar refractivity (Wildman–Crippen MR) is 82.1 cm³/mol. The van der Waals surface area contributed by atoms with Gasteiger partial charge in [0.25, 0.3) is 5.91 Å². The first kappa shape index (κ1) is 15.4. The van der Waals surface area contributed by atoms with Crippen LogP contribution in [0.5, 0.6) is 11.5 Å². The second-order valence-electron chi connectivity index (χ2n) is 5.39. The molecule has 5 heteroatoms. The van der Waals surface area contributed by atoms with E-state index in [-0.39, 0.29) is 5.91 Å². The van der Waals surface area contributed by atoms with Gasteiger partial charge in [-0.2, -0.15) is 5.10 Å². The number of rotatable bonds is 4. The molecule has 0 aliphatic heterocycles. The number of nitrogens with one attached hydrogen (secondary N) is 1. The molecule has 1 amide bonds. The number of hydrazone groups is 1. The zero-order chi connectivity index (χ0) is 15.2. The van der Waals surface area contributed by atoms with Crippen molar-refractivity contribution in [3.63, 3.8) is 0 Å². The van der Waals surface area contributed by atoms with Gasteiger partial charge in [0.15, 0.2) is 11.5 Å². The normalized spacial score (nSPS) is 20.1. The first-order valence-electron chi connectivity index (χ1n) is 7.22. The molecule has 0 spiro atoms. The lowest BCUT2D eigenvalue weighted by molar-refractivity contribution is 0.0954. The van der Waals surface area contributed by atoms with Gasteiger partial charge < -0.3 is 9.47 Å². The molecule has 1 atom stereocenters. The van der Waals surface area contributed by atoms with Crippen LogP contribution in [0.1, 0.15) is 43.0 Å². The van der Waals surface area contributed by atoms with Crippen LogP contribution in [0.3, 0.4) is 0 Å². The van der Waals surface area contributed by atoms with Crippen molar-refractivity contribution in [2.75, 3.05) is 14.2 Å². The first-order valence-corrected chi connectivity index (χ1v) is 7.22. The largest absolute Gasteiger partial charge is 0.493 e. The van der Waals surface area contributed by atoms with Crippen molar-refractivity contribution in [2.24, 2.45) is 11.0 Å². The summed E-state index contributed by atoms with van der Waals surface area (Å²) in [5.41, 5.74) is 4.20. The number of carbonyl (C=O) groups is 1. The van der Waals surface area contributed by atoms with Crippen molar-refractivity contribution in [3.05, 3.63) is 23.8 Å². The minimum absolute atomic E-state index is 0.235. The van der Waals surface area contributed by atoms with Crippen molar-refractivity contribution in [3.8, 4) is 11.5 Å². The molecule has 0 saturated heterocycles. The molecule has 1 aromatic rings. The van der Waals surface area contributed by atoms with Crippen LogP contribution in [0.15, 0.2) is 23.3 Å². The highest BCUT2D eigenvalue weighted by Crippen LogP contribution is 2.27. The fourth-order valence-electron chi connectivity index (χ4n) is 2.53. The lowest BCUT2D eigenvalue weighted by Gasteiger charge is -2.19. The molecule has 0 unspecified atom stereocenters. The molecule has 0 bridgehead atoms. The van der Waals surface area contributed by atoms with E-state index >= 15 is 0 Å². The molecular formula is C16H22N2O3. The Bertz CT molecular complexity index is 540. The zero-order valence-electron chi connectivity index (χ0n) is 12.8. The topological polar surface area (TPSA) is 59.9 Å². The number of hydrogen-bond donors (Lipinski definition) is 1. The van der Waals surface area contributed by atoms with Crippen molar-refractivity contribution in [1.29, 1.82) is 0 Å².